The molecule has 2 heterocycles. The number of nitrogens with zero attached hydrogens (tertiary/aromatic N) is 2. The van der Waals surface area contributed by atoms with Crippen LogP contribution in [-0.4, -0.2) is 41.8 Å². The predicted molar refractivity (Wildman–Crippen MR) is 79.4 cm³/mol. The SMILES string of the molecule is COc1nc(Cl)ccc1C1CCN(C(C)(C)C)CC1F. The van der Waals surface area contributed by atoms with Crippen LogP contribution in [-0.2, 0) is 0 Å². The van der Waals surface area contributed by atoms with Crippen molar-refractivity contribution in [3.8, 4) is 5.88 Å². The van der Waals surface area contributed by atoms with Crippen LogP contribution in [0.1, 0.15) is 38.7 Å². The summed E-state index contributed by atoms with van der Waals surface area (Å²) in [6.07, 6.45) is -0.155. The number of hydrogen-bond donors (Lipinski definition) is 0. The van der Waals surface area contributed by atoms with Crippen molar-refractivity contribution in [2.75, 3.05) is 20.2 Å². The normalized spacial score (nSPS) is 24.7. The molecule has 1 aliphatic rings. The van der Waals surface area contributed by atoms with Crippen molar-refractivity contribution in [1.29, 1.82) is 0 Å². The summed E-state index contributed by atoms with van der Waals surface area (Å²) in [6.45, 7) is 7.67. The fourth-order valence-corrected chi connectivity index (χ4v) is 2.88. The molecule has 2 rings (SSSR count). The van der Waals surface area contributed by atoms with Gasteiger partial charge in [-0.2, -0.15) is 0 Å². The number of aromatic nitrogens is 1. The van der Waals surface area contributed by atoms with Gasteiger partial charge >= 0.3 is 0 Å². The molecule has 1 aliphatic heterocycles. The number of hydrogen-bond acceptors (Lipinski definition) is 3. The third-order valence-electron chi connectivity index (χ3n) is 3.94. The van der Waals surface area contributed by atoms with Crippen LogP contribution < -0.4 is 4.74 Å². The molecule has 20 heavy (non-hydrogen) atoms. The van der Waals surface area contributed by atoms with E-state index in [9.17, 15) is 4.39 Å². The first kappa shape index (κ1) is 15.5. The molecule has 3 nitrogen and oxygen atoms in total. The van der Waals surface area contributed by atoms with Gasteiger partial charge in [0.05, 0.1) is 7.11 Å². The molecule has 5 heteroatoms. The average Bonchev–Trinajstić information content (AvgIpc) is 2.38. The highest BCUT2D eigenvalue weighted by atomic mass is 35.5. The van der Waals surface area contributed by atoms with Crippen molar-refractivity contribution in [1.82, 2.24) is 9.88 Å². The van der Waals surface area contributed by atoms with Crippen LogP contribution in [0, 0.1) is 0 Å². The number of alkyl halides is 1. The fraction of sp³-hybridized carbons (Fsp3) is 0.667. The van der Waals surface area contributed by atoms with Crippen molar-refractivity contribution >= 4 is 11.6 Å². The Kier molecular flexibility index (Phi) is 4.55. The van der Waals surface area contributed by atoms with E-state index in [1.165, 1.54) is 0 Å². The third-order valence-corrected chi connectivity index (χ3v) is 4.15. The lowest BCUT2D eigenvalue weighted by Crippen LogP contribution is -2.50. The van der Waals surface area contributed by atoms with Crippen molar-refractivity contribution in [3.63, 3.8) is 0 Å². The summed E-state index contributed by atoms with van der Waals surface area (Å²) in [5, 5.41) is 0.369. The van der Waals surface area contributed by atoms with E-state index < -0.39 is 6.17 Å². The van der Waals surface area contributed by atoms with E-state index in [0.717, 1.165) is 18.5 Å². The second-order valence-electron chi connectivity index (χ2n) is 6.26. The van der Waals surface area contributed by atoms with E-state index >= 15 is 0 Å². The lowest BCUT2D eigenvalue weighted by molar-refractivity contribution is 0.0488. The van der Waals surface area contributed by atoms with Crippen LogP contribution in [0.25, 0.3) is 0 Å². The van der Waals surface area contributed by atoms with E-state index in [-0.39, 0.29) is 11.5 Å². The van der Waals surface area contributed by atoms with Crippen LogP contribution in [0.4, 0.5) is 4.39 Å². The molecule has 1 saturated heterocycles. The van der Waals surface area contributed by atoms with E-state index in [0.29, 0.717) is 17.6 Å². The smallest absolute Gasteiger partial charge is 0.218 e. The molecule has 1 aromatic heterocycles. The molecule has 0 aliphatic carbocycles. The number of piperidine rings is 1. The minimum Gasteiger partial charge on any atom is -0.481 e. The van der Waals surface area contributed by atoms with E-state index in [2.05, 4.69) is 30.7 Å². The molecule has 112 valence electrons. The summed E-state index contributed by atoms with van der Waals surface area (Å²) in [7, 11) is 1.54. The second-order valence-corrected chi connectivity index (χ2v) is 6.65. The van der Waals surface area contributed by atoms with E-state index in [1.54, 1.807) is 13.2 Å². The maximum Gasteiger partial charge on any atom is 0.218 e. The number of methoxy groups -OCH3 is 1. The first-order valence-corrected chi connectivity index (χ1v) is 7.30. The Hall–Kier alpha value is -0.870. The molecule has 2 unspecified atom stereocenters. The van der Waals surface area contributed by atoms with Gasteiger partial charge in [-0.1, -0.05) is 17.7 Å². The van der Waals surface area contributed by atoms with Crippen LogP contribution in [0.2, 0.25) is 5.15 Å². The van der Waals surface area contributed by atoms with Crippen LogP contribution in [0.3, 0.4) is 0 Å². The maximum atomic E-state index is 14.6. The highest BCUT2D eigenvalue weighted by Crippen LogP contribution is 2.37. The van der Waals surface area contributed by atoms with Crippen molar-refractivity contribution in [2.24, 2.45) is 0 Å². The van der Waals surface area contributed by atoms with E-state index in [4.69, 9.17) is 16.3 Å². The molecule has 0 saturated carbocycles. The average molecular weight is 301 g/mol. The van der Waals surface area contributed by atoms with Gasteiger partial charge in [-0.25, -0.2) is 9.37 Å². The summed E-state index contributed by atoms with van der Waals surface area (Å²) in [5.74, 6) is 0.266. The zero-order valence-corrected chi connectivity index (χ0v) is 13.2. The zero-order valence-electron chi connectivity index (χ0n) is 12.5. The Morgan fingerprint density at radius 2 is 2.10 bits per heavy atom. The van der Waals surface area contributed by atoms with Gasteiger partial charge in [-0.15, -0.1) is 0 Å². The van der Waals surface area contributed by atoms with Gasteiger partial charge in [0.25, 0.3) is 0 Å². The van der Waals surface area contributed by atoms with Gasteiger partial charge < -0.3 is 4.74 Å². The van der Waals surface area contributed by atoms with Gasteiger partial charge in [-0.05, 0) is 39.8 Å². The van der Waals surface area contributed by atoms with Gasteiger partial charge in [0.2, 0.25) is 5.88 Å². The number of pyridine rings is 1. The Morgan fingerprint density at radius 3 is 2.65 bits per heavy atom. The summed E-state index contributed by atoms with van der Waals surface area (Å²) >= 11 is 5.86. The third kappa shape index (κ3) is 3.23. The predicted octanol–water partition coefficient (Wildman–Crippen LogP) is 3.67. The molecule has 0 bridgehead atoms. The molecular weight excluding hydrogens is 279 g/mol. The monoisotopic (exact) mass is 300 g/mol. The highest BCUT2D eigenvalue weighted by molar-refractivity contribution is 6.29. The van der Waals surface area contributed by atoms with Crippen LogP contribution >= 0.6 is 11.6 Å². The lowest BCUT2D eigenvalue weighted by Gasteiger charge is -2.42. The molecule has 0 N–H and O–H groups in total. The van der Waals surface area contributed by atoms with Crippen molar-refractivity contribution in [2.45, 2.75) is 44.8 Å². The van der Waals surface area contributed by atoms with E-state index in [1.807, 2.05) is 6.07 Å². The molecule has 2 atom stereocenters. The standard InChI is InChI=1S/C15H22ClFN2O/c1-15(2,3)19-8-7-10(12(17)9-19)11-5-6-13(16)18-14(11)20-4/h5-6,10,12H,7-9H2,1-4H3. The fourth-order valence-electron chi connectivity index (χ4n) is 2.74. The topological polar surface area (TPSA) is 25.4 Å². The Morgan fingerprint density at radius 1 is 1.40 bits per heavy atom. The Balaban J connectivity index is 2.19. The summed E-state index contributed by atoms with van der Waals surface area (Å²) in [5.41, 5.74) is 0.815. The van der Waals surface area contributed by atoms with Gasteiger partial charge in [0.1, 0.15) is 11.3 Å². The van der Waals surface area contributed by atoms with Crippen LogP contribution in [0.15, 0.2) is 12.1 Å². The Bertz CT molecular complexity index is 475. The summed E-state index contributed by atoms with van der Waals surface area (Å²) in [6, 6.07) is 3.53. The minimum absolute atomic E-state index is 0.00234. The second kappa shape index (κ2) is 5.86. The number of halogens is 2. The largest absolute Gasteiger partial charge is 0.481 e. The molecule has 0 amide bonds. The number of ether oxygens (including phenoxy) is 1. The first-order valence-electron chi connectivity index (χ1n) is 6.92. The van der Waals surface area contributed by atoms with Gasteiger partial charge in [0, 0.05) is 23.6 Å². The maximum absolute atomic E-state index is 14.6. The van der Waals surface area contributed by atoms with Gasteiger partial charge in [0.15, 0.2) is 0 Å². The molecule has 0 spiro atoms. The number of likely N-dealkylation sites (tertiary alicyclic amines) is 1. The number of rotatable bonds is 2. The van der Waals surface area contributed by atoms with Crippen molar-refractivity contribution < 1.29 is 9.13 Å². The molecule has 1 aromatic rings. The summed E-state index contributed by atoms with van der Waals surface area (Å²) < 4.78 is 19.8. The molecule has 0 aromatic carbocycles. The van der Waals surface area contributed by atoms with Crippen LogP contribution in [0.5, 0.6) is 5.88 Å². The van der Waals surface area contributed by atoms with Crippen molar-refractivity contribution in [3.05, 3.63) is 22.8 Å². The molecule has 0 radical (unpaired) electrons. The molecular formula is C15H22ClFN2O. The minimum atomic E-state index is -0.917. The summed E-state index contributed by atoms with van der Waals surface area (Å²) in [4.78, 5) is 6.32. The molecule has 1 fully saturated rings. The highest BCUT2D eigenvalue weighted by Gasteiger charge is 2.36. The lowest BCUT2D eigenvalue weighted by atomic mass is 9.86. The quantitative estimate of drug-likeness (QED) is 0.779. The first-order chi connectivity index (χ1) is 9.32. The van der Waals surface area contributed by atoms with Gasteiger partial charge in [-0.3, -0.25) is 4.90 Å². The zero-order chi connectivity index (χ0) is 14.9. The Labute approximate surface area is 125 Å².